The molecule has 154 valence electrons. The third-order valence-electron chi connectivity index (χ3n) is 3.95. The van der Waals surface area contributed by atoms with Gasteiger partial charge in [0.2, 0.25) is 0 Å². The molecule has 0 heterocycles. The zero-order chi connectivity index (χ0) is 20.2. The van der Waals surface area contributed by atoms with Crippen molar-refractivity contribution in [3.8, 4) is 5.75 Å². The molecule has 1 atom stereocenters. The quantitative estimate of drug-likeness (QED) is 0.704. The number of hydrogen-bond donors (Lipinski definition) is 2. The molecule has 0 saturated carbocycles. The van der Waals surface area contributed by atoms with E-state index in [0.29, 0.717) is 11.3 Å². The molecule has 0 spiro atoms. The van der Waals surface area contributed by atoms with E-state index in [1.807, 2.05) is 0 Å². The Kier molecular flexibility index (Phi) is 8.14. The van der Waals surface area contributed by atoms with Gasteiger partial charge in [0.05, 0.1) is 5.56 Å². The number of carbonyl (C=O) groups excluding carboxylic acids is 1. The molecule has 0 aliphatic rings. The van der Waals surface area contributed by atoms with E-state index in [-0.39, 0.29) is 37.2 Å². The Hall–Kier alpha value is -2.45. The predicted octanol–water partition coefficient (Wildman–Crippen LogP) is 3.53. The van der Waals surface area contributed by atoms with E-state index in [4.69, 9.17) is 10.5 Å². The molecule has 0 saturated heterocycles. The van der Waals surface area contributed by atoms with Crippen molar-refractivity contribution in [3.05, 3.63) is 59.2 Å². The van der Waals surface area contributed by atoms with Gasteiger partial charge < -0.3 is 20.5 Å². The molecule has 0 fully saturated rings. The normalized spacial score (nSPS) is 12.1. The first-order valence-corrected chi connectivity index (χ1v) is 8.18. The standard InChI is InChI=1S/C19H21F3N2O3.ClH/c1-12-7-8-13(23)9-15(12)18(26)24(2)10-14(25)11-27-17-6-4-3-5-16(17)19(20,21)22;/h3-9,14,25H,10-11,23H2,1-2H3;1H. The summed E-state index contributed by atoms with van der Waals surface area (Å²) in [5, 5.41) is 10.1. The van der Waals surface area contributed by atoms with Gasteiger partial charge in [-0.1, -0.05) is 18.2 Å². The van der Waals surface area contributed by atoms with E-state index in [1.165, 1.54) is 36.2 Å². The molecule has 5 nitrogen and oxygen atoms in total. The molecule has 3 N–H and O–H groups in total. The van der Waals surface area contributed by atoms with E-state index in [0.717, 1.165) is 11.6 Å². The molecule has 0 aliphatic carbocycles. The van der Waals surface area contributed by atoms with Crippen molar-refractivity contribution >= 4 is 24.0 Å². The van der Waals surface area contributed by atoms with Crippen molar-refractivity contribution in [2.24, 2.45) is 0 Å². The largest absolute Gasteiger partial charge is 0.490 e. The van der Waals surface area contributed by atoms with Crippen molar-refractivity contribution in [2.75, 3.05) is 25.9 Å². The number of aryl methyl sites for hydroxylation is 1. The van der Waals surface area contributed by atoms with Gasteiger partial charge in [0.1, 0.15) is 18.5 Å². The highest BCUT2D eigenvalue weighted by Gasteiger charge is 2.34. The molecule has 1 unspecified atom stereocenters. The first-order valence-electron chi connectivity index (χ1n) is 8.18. The van der Waals surface area contributed by atoms with Crippen LogP contribution in [0, 0.1) is 6.92 Å². The number of alkyl halides is 3. The average Bonchev–Trinajstić information content (AvgIpc) is 2.60. The maximum absolute atomic E-state index is 12.9. The van der Waals surface area contributed by atoms with E-state index in [9.17, 15) is 23.1 Å². The Bertz CT molecular complexity index is 815. The fraction of sp³-hybridized carbons (Fsp3) is 0.316. The smallest absolute Gasteiger partial charge is 0.419 e. The van der Waals surface area contributed by atoms with E-state index < -0.39 is 17.8 Å². The third-order valence-corrected chi connectivity index (χ3v) is 3.95. The fourth-order valence-electron chi connectivity index (χ4n) is 2.54. The van der Waals surface area contributed by atoms with Gasteiger partial charge in [0.25, 0.3) is 5.91 Å². The molecule has 2 aromatic carbocycles. The number of para-hydroxylation sites is 1. The second-order valence-corrected chi connectivity index (χ2v) is 6.22. The van der Waals surface area contributed by atoms with Gasteiger partial charge in [0.15, 0.2) is 0 Å². The summed E-state index contributed by atoms with van der Waals surface area (Å²) in [6.45, 7) is 1.26. The minimum atomic E-state index is -4.56. The van der Waals surface area contributed by atoms with Gasteiger partial charge in [-0.3, -0.25) is 4.79 Å². The Morgan fingerprint density at radius 1 is 1.25 bits per heavy atom. The number of carbonyl (C=O) groups is 1. The van der Waals surface area contributed by atoms with Crippen LogP contribution < -0.4 is 10.5 Å². The summed E-state index contributed by atoms with van der Waals surface area (Å²) in [6, 6.07) is 9.68. The molecule has 2 aromatic rings. The second-order valence-electron chi connectivity index (χ2n) is 6.22. The lowest BCUT2D eigenvalue weighted by Crippen LogP contribution is -2.37. The van der Waals surface area contributed by atoms with Crippen LogP contribution in [0.5, 0.6) is 5.75 Å². The van der Waals surface area contributed by atoms with Crippen LogP contribution in [0.1, 0.15) is 21.5 Å². The first kappa shape index (κ1) is 23.6. The van der Waals surface area contributed by atoms with Gasteiger partial charge >= 0.3 is 6.18 Å². The number of aliphatic hydroxyl groups excluding tert-OH is 1. The zero-order valence-electron chi connectivity index (χ0n) is 15.4. The number of nitrogens with zero attached hydrogens (tertiary/aromatic N) is 1. The lowest BCUT2D eigenvalue weighted by Gasteiger charge is -2.22. The molecule has 28 heavy (non-hydrogen) atoms. The number of anilines is 1. The highest BCUT2D eigenvalue weighted by Crippen LogP contribution is 2.35. The monoisotopic (exact) mass is 418 g/mol. The number of nitrogens with two attached hydrogens (primary N) is 1. The maximum Gasteiger partial charge on any atom is 0.419 e. The van der Waals surface area contributed by atoms with Crippen molar-refractivity contribution in [2.45, 2.75) is 19.2 Å². The van der Waals surface area contributed by atoms with Crippen LogP contribution in [0.15, 0.2) is 42.5 Å². The van der Waals surface area contributed by atoms with Crippen LogP contribution in [-0.2, 0) is 6.18 Å². The van der Waals surface area contributed by atoms with Crippen LogP contribution in [-0.4, -0.2) is 42.2 Å². The molecule has 0 aliphatic heterocycles. The van der Waals surface area contributed by atoms with E-state index in [2.05, 4.69) is 0 Å². The molecule has 9 heteroatoms. The van der Waals surface area contributed by atoms with Crippen molar-refractivity contribution in [1.29, 1.82) is 0 Å². The summed E-state index contributed by atoms with van der Waals surface area (Å²) in [6.07, 6.45) is -5.72. The number of halogens is 4. The average molecular weight is 419 g/mol. The number of amides is 1. The summed E-state index contributed by atoms with van der Waals surface area (Å²) in [5.74, 6) is -0.723. The fourth-order valence-corrected chi connectivity index (χ4v) is 2.54. The highest BCUT2D eigenvalue weighted by atomic mass is 35.5. The molecular formula is C19H22ClF3N2O3. The van der Waals surface area contributed by atoms with Gasteiger partial charge in [-0.25, -0.2) is 0 Å². The lowest BCUT2D eigenvalue weighted by atomic mass is 10.1. The number of rotatable bonds is 6. The van der Waals surface area contributed by atoms with Crippen LogP contribution in [0.2, 0.25) is 0 Å². The van der Waals surface area contributed by atoms with Gasteiger partial charge in [-0.05, 0) is 36.8 Å². The van der Waals surface area contributed by atoms with Gasteiger partial charge in [-0.15, -0.1) is 12.4 Å². The molecule has 0 radical (unpaired) electrons. The molecule has 1 amide bonds. The summed E-state index contributed by atoms with van der Waals surface area (Å²) in [5.41, 5.74) is 6.34. The van der Waals surface area contributed by atoms with Crippen molar-refractivity contribution in [1.82, 2.24) is 4.90 Å². The number of aliphatic hydroxyl groups is 1. The number of ether oxygens (including phenoxy) is 1. The number of benzene rings is 2. The Morgan fingerprint density at radius 3 is 2.54 bits per heavy atom. The number of likely N-dealkylation sites (N-methyl/N-ethyl adjacent to an activating group) is 1. The van der Waals surface area contributed by atoms with Gasteiger partial charge in [0, 0.05) is 24.8 Å². The topological polar surface area (TPSA) is 75.8 Å². The van der Waals surface area contributed by atoms with Crippen LogP contribution >= 0.6 is 12.4 Å². The predicted molar refractivity (Wildman–Crippen MR) is 103 cm³/mol. The summed E-state index contributed by atoms with van der Waals surface area (Å²) >= 11 is 0. The first-order chi connectivity index (χ1) is 12.6. The molecule has 0 aromatic heterocycles. The Labute approximate surface area is 167 Å². The SMILES string of the molecule is Cc1ccc(N)cc1C(=O)N(C)CC(O)COc1ccccc1C(F)(F)F.Cl. The van der Waals surface area contributed by atoms with Crippen LogP contribution in [0.25, 0.3) is 0 Å². The van der Waals surface area contributed by atoms with Crippen LogP contribution in [0.3, 0.4) is 0 Å². The van der Waals surface area contributed by atoms with Crippen molar-refractivity contribution in [3.63, 3.8) is 0 Å². The minimum Gasteiger partial charge on any atom is -0.490 e. The number of hydrogen-bond acceptors (Lipinski definition) is 4. The van der Waals surface area contributed by atoms with Crippen LogP contribution in [0.4, 0.5) is 18.9 Å². The summed E-state index contributed by atoms with van der Waals surface area (Å²) < 4.78 is 44.0. The minimum absolute atomic E-state index is 0. The van der Waals surface area contributed by atoms with E-state index in [1.54, 1.807) is 19.1 Å². The number of nitrogen functional groups attached to an aromatic ring is 1. The highest BCUT2D eigenvalue weighted by molar-refractivity contribution is 5.96. The maximum atomic E-state index is 12.9. The lowest BCUT2D eigenvalue weighted by molar-refractivity contribution is -0.139. The molecule has 2 rings (SSSR count). The second kappa shape index (κ2) is 9.66. The summed E-state index contributed by atoms with van der Waals surface area (Å²) in [7, 11) is 1.48. The van der Waals surface area contributed by atoms with Gasteiger partial charge in [-0.2, -0.15) is 13.2 Å². The zero-order valence-corrected chi connectivity index (χ0v) is 16.2. The molecule has 0 bridgehead atoms. The van der Waals surface area contributed by atoms with Crippen molar-refractivity contribution < 1.29 is 27.8 Å². The Morgan fingerprint density at radius 2 is 1.89 bits per heavy atom. The summed E-state index contributed by atoms with van der Waals surface area (Å²) in [4.78, 5) is 13.8. The van der Waals surface area contributed by atoms with E-state index >= 15 is 0 Å². The molecular weight excluding hydrogens is 397 g/mol. The third kappa shape index (κ3) is 6.03. The Balaban J connectivity index is 0.00000392.